The minimum Gasteiger partial charge on any atom is -0.376 e. The number of hydrogen-bond donors (Lipinski definition) is 1. The van der Waals surface area contributed by atoms with Crippen LogP contribution in [0, 0.1) is 0 Å². The number of alkyl halides is 3. The summed E-state index contributed by atoms with van der Waals surface area (Å²) in [7, 11) is -4.30. The van der Waals surface area contributed by atoms with Crippen LogP contribution in [0.5, 0.6) is 0 Å². The summed E-state index contributed by atoms with van der Waals surface area (Å²) in [5, 5.41) is 1.32. The molecule has 2 rings (SSSR count). The minimum absolute atomic E-state index is 0.0117. The normalized spacial score (nSPS) is 18.4. The summed E-state index contributed by atoms with van der Waals surface area (Å²) >= 11 is 0. The van der Waals surface area contributed by atoms with Gasteiger partial charge in [0.2, 0.25) is 9.84 Å². The van der Waals surface area contributed by atoms with Gasteiger partial charge in [-0.15, -0.1) is 0 Å². The summed E-state index contributed by atoms with van der Waals surface area (Å²) in [6, 6.07) is 2.23. The lowest BCUT2D eigenvalue weighted by molar-refractivity contribution is -0.137. The quantitative estimate of drug-likeness (QED) is 0.770. The lowest BCUT2D eigenvalue weighted by atomic mass is 10.2. The predicted octanol–water partition coefficient (Wildman–Crippen LogP) is 1.43. The van der Waals surface area contributed by atoms with Gasteiger partial charge in [0, 0.05) is 0 Å². The standard InChI is InChI=1S/C9H6F3NO3S/c10-9(11,12)5-1-2-6-7(3-5)17(15,16)8(14)4-13-6/h1-3,13H,4H2. The van der Waals surface area contributed by atoms with Gasteiger partial charge in [0.15, 0.2) is 0 Å². The van der Waals surface area contributed by atoms with Gasteiger partial charge in [-0.2, -0.15) is 13.2 Å². The van der Waals surface area contributed by atoms with Crippen LogP contribution in [0.25, 0.3) is 0 Å². The highest BCUT2D eigenvalue weighted by molar-refractivity contribution is 8.06. The fourth-order valence-corrected chi connectivity index (χ4v) is 2.67. The Balaban J connectivity index is 2.67. The van der Waals surface area contributed by atoms with Crippen LogP contribution in [-0.2, 0) is 20.8 Å². The van der Waals surface area contributed by atoms with Crippen LogP contribution in [0.2, 0.25) is 0 Å². The molecule has 0 spiro atoms. The van der Waals surface area contributed by atoms with Gasteiger partial charge in [0.25, 0.3) is 5.12 Å². The third-order valence-electron chi connectivity index (χ3n) is 2.32. The summed E-state index contributed by atoms with van der Waals surface area (Å²) in [4.78, 5) is 10.5. The number of benzene rings is 1. The Morgan fingerprint density at radius 2 is 1.88 bits per heavy atom. The number of halogens is 3. The lowest BCUT2D eigenvalue weighted by Gasteiger charge is -2.18. The maximum absolute atomic E-state index is 12.4. The Morgan fingerprint density at radius 1 is 1.24 bits per heavy atom. The van der Waals surface area contributed by atoms with Gasteiger partial charge in [0.05, 0.1) is 22.7 Å². The summed E-state index contributed by atoms with van der Waals surface area (Å²) in [6.07, 6.45) is -4.65. The van der Waals surface area contributed by atoms with Crippen molar-refractivity contribution in [2.75, 3.05) is 11.9 Å². The molecule has 0 fully saturated rings. The topological polar surface area (TPSA) is 63.2 Å². The van der Waals surface area contributed by atoms with E-state index < -0.39 is 38.1 Å². The van der Waals surface area contributed by atoms with Crippen molar-refractivity contribution in [2.24, 2.45) is 0 Å². The molecule has 0 saturated carbocycles. The van der Waals surface area contributed by atoms with Gasteiger partial charge >= 0.3 is 6.18 Å². The smallest absolute Gasteiger partial charge is 0.376 e. The molecule has 4 nitrogen and oxygen atoms in total. The zero-order valence-corrected chi connectivity index (χ0v) is 9.02. The molecule has 0 amide bonds. The van der Waals surface area contributed by atoms with Gasteiger partial charge < -0.3 is 5.32 Å². The first-order valence-corrected chi connectivity index (χ1v) is 5.94. The van der Waals surface area contributed by atoms with Crippen molar-refractivity contribution in [3.63, 3.8) is 0 Å². The van der Waals surface area contributed by atoms with Crippen molar-refractivity contribution in [2.45, 2.75) is 11.1 Å². The van der Waals surface area contributed by atoms with Crippen molar-refractivity contribution < 1.29 is 26.4 Å². The molecule has 0 unspecified atom stereocenters. The predicted molar refractivity (Wildman–Crippen MR) is 52.1 cm³/mol. The zero-order valence-electron chi connectivity index (χ0n) is 8.21. The Bertz CT molecular complexity index is 592. The van der Waals surface area contributed by atoms with Crippen molar-refractivity contribution in [3.05, 3.63) is 23.8 Å². The van der Waals surface area contributed by atoms with E-state index in [-0.39, 0.29) is 5.69 Å². The Kier molecular flexibility index (Phi) is 2.42. The molecule has 0 aromatic heterocycles. The summed E-state index contributed by atoms with van der Waals surface area (Å²) in [6.45, 7) is -0.430. The third-order valence-corrected chi connectivity index (χ3v) is 3.98. The van der Waals surface area contributed by atoms with Crippen molar-refractivity contribution >= 4 is 20.6 Å². The molecule has 1 aliphatic rings. The molecular weight excluding hydrogens is 259 g/mol. The van der Waals surface area contributed by atoms with Crippen LogP contribution in [0.1, 0.15) is 5.56 Å². The Morgan fingerprint density at radius 3 is 2.47 bits per heavy atom. The SMILES string of the molecule is O=C1CNc2ccc(C(F)(F)F)cc2S1(=O)=O. The Labute approximate surface area is 94.4 Å². The van der Waals surface area contributed by atoms with Crippen LogP contribution in [0.3, 0.4) is 0 Å². The van der Waals surface area contributed by atoms with Crippen LogP contribution in [-0.4, -0.2) is 20.1 Å². The number of anilines is 1. The van der Waals surface area contributed by atoms with Crippen molar-refractivity contribution in [1.29, 1.82) is 0 Å². The number of nitrogens with one attached hydrogen (secondary N) is 1. The molecule has 0 saturated heterocycles. The van der Waals surface area contributed by atoms with Gasteiger partial charge in [-0.05, 0) is 18.2 Å². The van der Waals surface area contributed by atoms with E-state index in [4.69, 9.17) is 0 Å². The molecule has 1 heterocycles. The minimum atomic E-state index is -4.65. The first-order valence-electron chi connectivity index (χ1n) is 4.46. The van der Waals surface area contributed by atoms with Crippen LogP contribution < -0.4 is 5.32 Å². The fourth-order valence-electron chi connectivity index (χ4n) is 1.45. The largest absolute Gasteiger partial charge is 0.416 e. The molecule has 0 radical (unpaired) electrons. The summed E-state index contributed by atoms with van der Waals surface area (Å²) in [5.41, 5.74) is -1.09. The number of hydrogen-bond acceptors (Lipinski definition) is 4. The first-order chi connectivity index (χ1) is 7.73. The average molecular weight is 265 g/mol. The van der Waals surface area contributed by atoms with E-state index in [2.05, 4.69) is 5.32 Å². The molecule has 1 aliphatic heterocycles. The third kappa shape index (κ3) is 1.88. The van der Waals surface area contributed by atoms with Gasteiger partial charge in [-0.1, -0.05) is 0 Å². The maximum atomic E-state index is 12.4. The molecular formula is C9H6F3NO3S. The monoisotopic (exact) mass is 265 g/mol. The van der Waals surface area contributed by atoms with Crippen molar-refractivity contribution in [1.82, 2.24) is 0 Å². The molecule has 8 heteroatoms. The molecule has 1 N–H and O–H groups in total. The van der Waals surface area contributed by atoms with E-state index in [1.54, 1.807) is 0 Å². The van der Waals surface area contributed by atoms with E-state index in [0.29, 0.717) is 6.07 Å². The number of carbonyl (C=O) groups excluding carboxylic acids is 1. The van der Waals surface area contributed by atoms with E-state index in [0.717, 1.165) is 12.1 Å². The van der Waals surface area contributed by atoms with Gasteiger partial charge in [-0.3, -0.25) is 4.79 Å². The highest BCUT2D eigenvalue weighted by atomic mass is 32.2. The van der Waals surface area contributed by atoms with Crippen LogP contribution >= 0.6 is 0 Å². The molecule has 0 bridgehead atoms. The molecule has 0 aliphatic carbocycles. The molecule has 17 heavy (non-hydrogen) atoms. The summed E-state index contributed by atoms with van der Waals surface area (Å²) in [5.74, 6) is 0. The molecule has 92 valence electrons. The second-order valence-electron chi connectivity index (χ2n) is 3.44. The zero-order chi connectivity index (χ0) is 12.8. The Hall–Kier alpha value is -1.57. The molecule has 1 aromatic carbocycles. The number of sulfone groups is 1. The fraction of sp³-hybridized carbons (Fsp3) is 0.222. The second kappa shape index (κ2) is 3.46. The van der Waals surface area contributed by atoms with Gasteiger partial charge in [0.1, 0.15) is 0 Å². The lowest BCUT2D eigenvalue weighted by Crippen LogP contribution is -2.29. The number of fused-ring (bicyclic) bond motifs is 1. The number of rotatable bonds is 0. The van der Waals surface area contributed by atoms with Crippen LogP contribution in [0.4, 0.5) is 18.9 Å². The van der Waals surface area contributed by atoms with E-state index >= 15 is 0 Å². The maximum Gasteiger partial charge on any atom is 0.416 e. The van der Waals surface area contributed by atoms with E-state index in [1.807, 2.05) is 0 Å². The summed E-state index contributed by atoms with van der Waals surface area (Å²) < 4.78 is 60.3. The second-order valence-corrected chi connectivity index (χ2v) is 5.34. The van der Waals surface area contributed by atoms with E-state index in [1.165, 1.54) is 0 Å². The number of carbonyl (C=O) groups is 1. The van der Waals surface area contributed by atoms with Gasteiger partial charge in [-0.25, -0.2) is 8.42 Å². The van der Waals surface area contributed by atoms with E-state index in [9.17, 15) is 26.4 Å². The highest BCUT2D eigenvalue weighted by Crippen LogP contribution is 2.35. The molecule has 0 atom stereocenters. The average Bonchev–Trinajstić information content (AvgIpc) is 2.22. The first kappa shape index (κ1) is 11.9. The highest BCUT2D eigenvalue weighted by Gasteiger charge is 2.36. The van der Waals surface area contributed by atoms with Crippen molar-refractivity contribution in [3.8, 4) is 0 Å². The van der Waals surface area contributed by atoms with Crippen LogP contribution in [0.15, 0.2) is 23.1 Å². The molecule has 1 aromatic rings.